The van der Waals surface area contributed by atoms with Crippen LogP contribution in [0.5, 0.6) is 5.75 Å². The van der Waals surface area contributed by atoms with E-state index in [1.54, 1.807) is 0 Å². The Balaban J connectivity index is 2.06. The minimum Gasteiger partial charge on any atom is -0.487 e. The molecule has 0 saturated heterocycles. The molecule has 1 unspecified atom stereocenters. The Labute approximate surface area is 91.6 Å². The largest absolute Gasteiger partial charge is 0.487 e. The first kappa shape index (κ1) is 8.74. The number of hydrogen-bond donors (Lipinski definition) is 1. The number of halogens is 1. The summed E-state index contributed by atoms with van der Waals surface area (Å²) >= 11 is 3.45. The summed E-state index contributed by atoms with van der Waals surface area (Å²) < 4.78 is 7.03. The second-order valence-corrected chi connectivity index (χ2v) is 5.19. The Morgan fingerprint density at radius 1 is 1.43 bits per heavy atom. The third-order valence-corrected chi connectivity index (χ3v) is 3.59. The van der Waals surface area contributed by atoms with E-state index in [4.69, 9.17) is 10.5 Å². The van der Waals surface area contributed by atoms with Crippen molar-refractivity contribution in [2.24, 2.45) is 5.73 Å². The molecule has 3 rings (SSSR count). The van der Waals surface area contributed by atoms with Crippen LogP contribution >= 0.6 is 15.9 Å². The molecule has 74 valence electrons. The molecule has 1 aliphatic carbocycles. The van der Waals surface area contributed by atoms with E-state index < -0.39 is 0 Å². The van der Waals surface area contributed by atoms with Gasteiger partial charge in [-0.05, 0) is 31.0 Å². The number of fused-ring (bicyclic) bond motifs is 1. The first-order valence-electron chi connectivity index (χ1n) is 4.93. The van der Waals surface area contributed by atoms with Gasteiger partial charge in [-0.2, -0.15) is 0 Å². The van der Waals surface area contributed by atoms with Crippen molar-refractivity contribution in [3.8, 4) is 5.75 Å². The van der Waals surface area contributed by atoms with Crippen LogP contribution in [0.25, 0.3) is 0 Å². The standard InChI is InChI=1S/C11H12BrNO/c12-7-1-2-10-8(5-7)9(13)6-11(14-10)3-4-11/h1-2,5,9H,3-4,6,13H2. The molecule has 1 fully saturated rings. The molecular formula is C11H12BrNO. The summed E-state index contributed by atoms with van der Waals surface area (Å²) in [4.78, 5) is 0. The third kappa shape index (κ3) is 1.27. The zero-order valence-electron chi connectivity index (χ0n) is 7.79. The highest BCUT2D eigenvalue weighted by Gasteiger charge is 2.49. The highest BCUT2D eigenvalue weighted by Crippen LogP contribution is 2.51. The molecule has 1 aromatic rings. The summed E-state index contributed by atoms with van der Waals surface area (Å²) in [5.74, 6) is 0.976. The Kier molecular flexibility index (Phi) is 1.71. The van der Waals surface area contributed by atoms with Crippen LogP contribution in [-0.2, 0) is 0 Å². The number of ether oxygens (including phenoxy) is 1. The quantitative estimate of drug-likeness (QED) is 0.772. The fourth-order valence-corrected chi connectivity index (χ4v) is 2.51. The second kappa shape index (κ2) is 2.74. The number of rotatable bonds is 0. The van der Waals surface area contributed by atoms with Gasteiger partial charge in [-0.15, -0.1) is 0 Å². The van der Waals surface area contributed by atoms with E-state index in [1.165, 1.54) is 0 Å². The summed E-state index contributed by atoms with van der Waals surface area (Å²) in [5, 5.41) is 0. The number of nitrogens with two attached hydrogens (primary N) is 1. The topological polar surface area (TPSA) is 35.2 Å². The summed E-state index contributed by atoms with van der Waals surface area (Å²) in [6.45, 7) is 0. The van der Waals surface area contributed by atoms with Crippen molar-refractivity contribution < 1.29 is 4.74 Å². The van der Waals surface area contributed by atoms with Gasteiger partial charge < -0.3 is 10.5 Å². The molecule has 1 aromatic carbocycles. The highest BCUT2D eigenvalue weighted by atomic mass is 79.9. The monoisotopic (exact) mass is 253 g/mol. The molecule has 2 aliphatic rings. The second-order valence-electron chi connectivity index (χ2n) is 4.28. The van der Waals surface area contributed by atoms with E-state index in [0.29, 0.717) is 0 Å². The predicted octanol–water partition coefficient (Wildman–Crippen LogP) is 2.76. The third-order valence-electron chi connectivity index (χ3n) is 3.10. The van der Waals surface area contributed by atoms with E-state index in [-0.39, 0.29) is 11.6 Å². The molecule has 1 atom stereocenters. The van der Waals surface area contributed by atoms with Crippen LogP contribution in [0.2, 0.25) is 0 Å². The van der Waals surface area contributed by atoms with E-state index >= 15 is 0 Å². The summed E-state index contributed by atoms with van der Waals surface area (Å²) in [6.07, 6.45) is 3.29. The van der Waals surface area contributed by atoms with E-state index in [2.05, 4.69) is 22.0 Å². The maximum absolute atomic E-state index is 6.13. The van der Waals surface area contributed by atoms with Crippen molar-refractivity contribution in [2.75, 3.05) is 0 Å². The smallest absolute Gasteiger partial charge is 0.124 e. The van der Waals surface area contributed by atoms with Gasteiger partial charge in [0.25, 0.3) is 0 Å². The van der Waals surface area contributed by atoms with Gasteiger partial charge in [0.2, 0.25) is 0 Å². The Bertz CT molecular complexity index is 387. The van der Waals surface area contributed by atoms with Crippen molar-refractivity contribution in [1.82, 2.24) is 0 Å². The lowest BCUT2D eigenvalue weighted by atomic mass is 9.96. The van der Waals surface area contributed by atoms with Crippen molar-refractivity contribution in [2.45, 2.75) is 30.9 Å². The molecule has 14 heavy (non-hydrogen) atoms. The fourth-order valence-electron chi connectivity index (χ4n) is 2.13. The molecule has 1 aliphatic heterocycles. The van der Waals surface area contributed by atoms with Gasteiger partial charge in [-0.3, -0.25) is 0 Å². The zero-order chi connectivity index (χ0) is 9.76. The summed E-state index contributed by atoms with van der Waals surface area (Å²) in [7, 11) is 0. The Hall–Kier alpha value is -0.540. The SMILES string of the molecule is NC1CC2(CC2)Oc2ccc(Br)cc21. The minimum absolute atomic E-state index is 0.0975. The maximum atomic E-state index is 6.13. The molecule has 1 spiro atoms. The number of benzene rings is 1. The zero-order valence-corrected chi connectivity index (χ0v) is 9.38. The Morgan fingerprint density at radius 2 is 2.21 bits per heavy atom. The van der Waals surface area contributed by atoms with Gasteiger partial charge in [0, 0.05) is 22.5 Å². The van der Waals surface area contributed by atoms with Crippen molar-refractivity contribution in [3.63, 3.8) is 0 Å². The van der Waals surface area contributed by atoms with Crippen molar-refractivity contribution in [3.05, 3.63) is 28.2 Å². The average Bonchev–Trinajstić information content (AvgIpc) is 2.87. The molecule has 2 N–H and O–H groups in total. The van der Waals surface area contributed by atoms with Gasteiger partial charge in [0.1, 0.15) is 11.4 Å². The first-order chi connectivity index (χ1) is 6.69. The van der Waals surface area contributed by atoms with Crippen molar-refractivity contribution >= 4 is 15.9 Å². The lowest BCUT2D eigenvalue weighted by Gasteiger charge is -2.30. The van der Waals surface area contributed by atoms with Crippen LogP contribution in [0, 0.1) is 0 Å². The van der Waals surface area contributed by atoms with E-state index in [9.17, 15) is 0 Å². The molecule has 2 nitrogen and oxygen atoms in total. The van der Waals surface area contributed by atoms with E-state index in [1.807, 2.05) is 12.1 Å². The molecular weight excluding hydrogens is 242 g/mol. The van der Waals surface area contributed by atoms with Crippen LogP contribution < -0.4 is 10.5 Å². The lowest BCUT2D eigenvalue weighted by Crippen LogP contribution is -2.30. The van der Waals surface area contributed by atoms with Crippen LogP contribution in [0.1, 0.15) is 30.9 Å². The van der Waals surface area contributed by atoms with Crippen molar-refractivity contribution in [1.29, 1.82) is 0 Å². The minimum atomic E-state index is 0.0975. The highest BCUT2D eigenvalue weighted by molar-refractivity contribution is 9.10. The average molecular weight is 254 g/mol. The normalized spacial score (nSPS) is 26.9. The predicted molar refractivity (Wildman–Crippen MR) is 58.3 cm³/mol. The molecule has 1 saturated carbocycles. The van der Waals surface area contributed by atoms with Gasteiger partial charge in [-0.1, -0.05) is 15.9 Å². The first-order valence-corrected chi connectivity index (χ1v) is 5.72. The molecule has 0 radical (unpaired) electrons. The lowest BCUT2D eigenvalue weighted by molar-refractivity contribution is 0.136. The van der Waals surface area contributed by atoms with E-state index in [0.717, 1.165) is 35.0 Å². The molecule has 3 heteroatoms. The van der Waals surface area contributed by atoms with Gasteiger partial charge in [0.15, 0.2) is 0 Å². The van der Waals surface area contributed by atoms with Crippen LogP contribution in [0.15, 0.2) is 22.7 Å². The maximum Gasteiger partial charge on any atom is 0.124 e. The summed E-state index contributed by atoms with van der Waals surface area (Å²) in [5.41, 5.74) is 7.36. The van der Waals surface area contributed by atoms with Gasteiger partial charge >= 0.3 is 0 Å². The van der Waals surface area contributed by atoms with Gasteiger partial charge in [0.05, 0.1) is 0 Å². The fraction of sp³-hybridized carbons (Fsp3) is 0.455. The number of hydrogen-bond acceptors (Lipinski definition) is 2. The summed E-state index contributed by atoms with van der Waals surface area (Å²) in [6, 6.07) is 6.22. The van der Waals surface area contributed by atoms with Gasteiger partial charge in [-0.25, -0.2) is 0 Å². The van der Waals surface area contributed by atoms with Crippen LogP contribution in [0.4, 0.5) is 0 Å². The Morgan fingerprint density at radius 3 is 2.93 bits per heavy atom. The molecule has 0 aromatic heterocycles. The molecule has 1 heterocycles. The molecule has 0 bridgehead atoms. The van der Waals surface area contributed by atoms with Crippen LogP contribution in [0.3, 0.4) is 0 Å². The van der Waals surface area contributed by atoms with Crippen LogP contribution in [-0.4, -0.2) is 5.60 Å². The molecule has 0 amide bonds.